The van der Waals surface area contributed by atoms with E-state index in [1.807, 2.05) is 107 Å². The van der Waals surface area contributed by atoms with Crippen molar-refractivity contribution in [2.75, 3.05) is 49.6 Å². The van der Waals surface area contributed by atoms with Crippen molar-refractivity contribution >= 4 is 0 Å². The van der Waals surface area contributed by atoms with Gasteiger partial charge in [-0.2, -0.15) is 0 Å². The molecule has 0 radical (unpaired) electrons. The minimum Gasteiger partial charge on any atom is -0.505 e. The molecule has 7 nitrogen and oxygen atoms in total. The van der Waals surface area contributed by atoms with Gasteiger partial charge < -0.3 is 24.8 Å². The molecule has 0 aliphatic carbocycles. The molecule has 0 heterocycles. The highest BCUT2D eigenvalue weighted by Crippen LogP contribution is 2.14. The van der Waals surface area contributed by atoms with Crippen LogP contribution in [0.3, 0.4) is 0 Å². The van der Waals surface area contributed by atoms with Gasteiger partial charge in [0.2, 0.25) is 0 Å². The van der Waals surface area contributed by atoms with Crippen molar-refractivity contribution in [1.82, 2.24) is 4.90 Å². The summed E-state index contributed by atoms with van der Waals surface area (Å²) in [6.45, 7) is 51.3. The Balaban J connectivity index is -0.0000000289. The van der Waals surface area contributed by atoms with Gasteiger partial charge in [0.15, 0.2) is 0 Å². The van der Waals surface area contributed by atoms with Crippen LogP contribution in [0, 0.1) is 37.0 Å². The number of hydrogen-bond donors (Lipinski definition) is 3. The summed E-state index contributed by atoms with van der Waals surface area (Å²) >= 11 is 0. The molecule has 0 amide bonds. The third kappa shape index (κ3) is 337. The number of rotatable bonds is 10. The fraction of sp³-hybridized carbons (Fsp3) is 0.660. The smallest absolute Gasteiger partial charge is 0.116 e. The lowest BCUT2D eigenvalue weighted by Gasteiger charge is -2.12. The van der Waals surface area contributed by atoms with Crippen molar-refractivity contribution in [2.45, 2.75) is 177 Å². The molecule has 0 saturated carbocycles. The first kappa shape index (κ1) is 101. The van der Waals surface area contributed by atoms with Crippen molar-refractivity contribution in [3.05, 3.63) is 85.6 Å². The Labute approximate surface area is 384 Å². The summed E-state index contributed by atoms with van der Waals surface area (Å²) in [5, 5.41) is 0. The van der Waals surface area contributed by atoms with Crippen LogP contribution in [-0.2, 0) is 14.2 Å². The van der Waals surface area contributed by atoms with Crippen LogP contribution in [0.4, 0.5) is 0 Å². The van der Waals surface area contributed by atoms with Crippen LogP contribution in [-0.4, -0.2) is 54.5 Å². The lowest BCUT2D eigenvalue weighted by Crippen LogP contribution is -2.02. The number of ether oxygens (including phenoxy) is 3. The van der Waals surface area contributed by atoms with Gasteiger partial charge in [-0.3, -0.25) is 11.7 Å². The molecule has 0 fully saturated rings. The van der Waals surface area contributed by atoms with Crippen molar-refractivity contribution in [3.63, 3.8) is 0 Å². The Kier molecular flexibility index (Phi) is 263. The van der Waals surface area contributed by atoms with Crippen LogP contribution in [0.1, 0.15) is 177 Å². The van der Waals surface area contributed by atoms with Crippen LogP contribution in [0.15, 0.2) is 85.6 Å². The number of hydrogen-bond acceptors (Lipinski definition) is 7. The SMILES string of the molecule is C#C.C#CC.C/C=C(\C=C(\C)N)OC.C/C=C\C=C(/C)CCC.C=CC.C=CC(C)C(C)CC.C=COC.CC.CC.CC.CCC.CCCC.CN(C)C.COC.NN. The minimum atomic E-state index is 0.681. The van der Waals surface area contributed by atoms with Gasteiger partial charge in [0.1, 0.15) is 5.76 Å². The quantitative estimate of drug-likeness (QED) is 0.0501. The van der Waals surface area contributed by atoms with Crippen LogP contribution in [0.5, 0.6) is 0 Å². The molecule has 0 aliphatic rings. The molecule has 0 spiro atoms. The van der Waals surface area contributed by atoms with Gasteiger partial charge in [0.05, 0.1) is 20.5 Å². The summed E-state index contributed by atoms with van der Waals surface area (Å²) in [5.74, 6) is 12.5. The van der Waals surface area contributed by atoms with E-state index in [1.54, 1.807) is 47.5 Å². The molecular formula is C53H118N4O3. The van der Waals surface area contributed by atoms with E-state index in [4.69, 9.17) is 10.5 Å². The minimum absolute atomic E-state index is 0.681. The second kappa shape index (κ2) is 156. The molecule has 7 heteroatoms. The van der Waals surface area contributed by atoms with E-state index in [2.05, 4.69) is 147 Å². The molecular weight excluding hydrogens is 741 g/mol. The maximum atomic E-state index is 5.38. The van der Waals surface area contributed by atoms with Gasteiger partial charge in [0, 0.05) is 19.9 Å². The Morgan fingerprint density at radius 2 is 1.05 bits per heavy atom. The Morgan fingerprint density at radius 3 is 1.15 bits per heavy atom. The van der Waals surface area contributed by atoms with Crippen molar-refractivity contribution < 1.29 is 14.2 Å². The molecule has 0 bridgehead atoms. The van der Waals surface area contributed by atoms with Crippen LogP contribution in [0.25, 0.3) is 0 Å². The Hall–Kier alpha value is -3.46. The lowest BCUT2D eigenvalue weighted by molar-refractivity contribution is 0.277. The molecule has 0 aromatic rings. The average molecular weight is 860 g/mol. The largest absolute Gasteiger partial charge is 0.505 e. The third-order valence-electron chi connectivity index (χ3n) is 4.69. The molecule has 0 aromatic heterocycles. The third-order valence-corrected chi connectivity index (χ3v) is 4.69. The summed E-state index contributed by atoms with van der Waals surface area (Å²) in [6, 6.07) is 0. The summed E-state index contributed by atoms with van der Waals surface area (Å²) in [7, 11) is 12.4. The van der Waals surface area contributed by atoms with Gasteiger partial charge >= 0.3 is 0 Å². The normalized spacial score (nSPS) is 9.15. The summed E-state index contributed by atoms with van der Waals surface area (Å²) in [4.78, 5) is 2.00. The number of terminal acetylenes is 2. The standard InChI is InChI=1S/C9H16.C8H16.C7H13NO.C4H10.C3H9N.C3H6O.C3H8.C3H6.C3H4.C2H6O.3C2H6.C2H2.H4N2/c1-4-6-8-9(3)7-5-2;1-5-7(3)8(4)6-2;1-4-7(9-3)5-6(2)8;1-3-4-2;1-4(2)3;1-3-4-2;4*1-3-2;5*1-2/h4,6,8H,5,7H2,1-3H3;5,7-8H,1,6H2,2-4H3;4-5H,8H2,1-3H3;3-4H2,1-2H3;1-3H3;3H,1H2,2H3;3H2,1-2H3;3H,1H2,2H3;1H,2H3;1-2H3;3*1-2H3;1-2H;1-2H2/b6-4-,9-8+;;6-5-,7-4+;;;;;;;;;;;;. The van der Waals surface area contributed by atoms with Crippen LogP contribution < -0.4 is 17.4 Å². The van der Waals surface area contributed by atoms with Crippen molar-refractivity contribution in [3.8, 4) is 25.2 Å². The summed E-state index contributed by atoms with van der Waals surface area (Å²) in [6.07, 6.45) is 35.3. The number of nitrogens with zero attached hydrogens (tertiary/aromatic N) is 1. The lowest BCUT2D eigenvalue weighted by atomic mass is 9.94. The van der Waals surface area contributed by atoms with E-state index in [1.165, 1.54) is 50.4 Å². The fourth-order valence-electron chi connectivity index (χ4n) is 1.83. The van der Waals surface area contributed by atoms with Gasteiger partial charge in [-0.15, -0.1) is 38.3 Å². The Bertz CT molecular complexity index is 766. The molecule has 2 unspecified atom stereocenters. The number of unbranched alkanes of at least 4 members (excludes halogenated alkanes) is 1. The molecule has 60 heavy (non-hydrogen) atoms. The number of allylic oxidation sites excluding steroid dienone is 9. The van der Waals surface area contributed by atoms with Crippen LogP contribution >= 0.6 is 0 Å². The van der Waals surface area contributed by atoms with Gasteiger partial charge in [-0.25, -0.2) is 0 Å². The predicted octanol–water partition coefficient (Wildman–Crippen LogP) is 16.0. The second-order valence-corrected chi connectivity index (χ2v) is 11.1. The summed E-state index contributed by atoms with van der Waals surface area (Å²) < 4.78 is 13.5. The van der Waals surface area contributed by atoms with Gasteiger partial charge in [-0.05, 0) is 93.1 Å². The topological polar surface area (TPSA) is 109 Å². The number of hydrazine groups is 1. The van der Waals surface area contributed by atoms with E-state index in [0.717, 1.165) is 17.4 Å². The highest BCUT2D eigenvalue weighted by atomic mass is 16.5. The molecule has 368 valence electrons. The van der Waals surface area contributed by atoms with Gasteiger partial charge in [-0.1, -0.05) is 172 Å². The van der Waals surface area contributed by atoms with Crippen molar-refractivity contribution in [1.29, 1.82) is 0 Å². The van der Waals surface area contributed by atoms with Crippen LogP contribution in [0.2, 0.25) is 0 Å². The fourth-order valence-corrected chi connectivity index (χ4v) is 1.83. The zero-order chi connectivity index (χ0) is 52.2. The number of nitrogens with two attached hydrogens (primary N) is 3. The van der Waals surface area contributed by atoms with E-state index >= 15 is 0 Å². The van der Waals surface area contributed by atoms with E-state index in [9.17, 15) is 0 Å². The molecule has 2 atom stereocenters. The maximum Gasteiger partial charge on any atom is 0.116 e. The zero-order valence-corrected chi connectivity index (χ0v) is 46.3. The van der Waals surface area contributed by atoms with Gasteiger partial charge in [0.25, 0.3) is 0 Å². The molecule has 0 saturated heterocycles. The highest BCUT2D eigenvalue weighted by Gasteiger charge is 2.03. The molecule has 0 aliphatic heterocycles. The average Bonchev–Trinajstić information content (AvgIpc) is 3.26. The van der Waals surface area contributed by atoms with E-state index in [-0.39, 0.29) is 0 Å². The molecule has 6 N–H and O–H groups in total. The first-order valence-corrected chi connectivity index (χ1v) is 21.8. The first-order chi connectivity index (χ1) is 28.4. The van der Waals surface area contributed by atoms with Crippen molar-refractivity contribution in [2.24, 2.45) is 29.3 Å². The second-order valence-electron chi connectivity index (χ2n) is 11.1. The Morgan fingerprint density at radius 1 is 0.767 bits per heavy atom. The summed E-state index contributed by atoms with van der Waals surface area (Å²) in [5.41, 5.74) is 7.61. The monoisotopic (exact) mass is 859 g/mol. The first-order valence-electron chi connectivity index (χ1n) is 21.8. The molecule has 0 aromatic carbocycles. The maximum absolute atomic E-state index is 5.38. The number of methoxy groups -OCH3 is 3. The van der Waals surface area contributed by atoms with E-state index < -0.39 is 0 Å². The zero-order valence-electron chi connectivity index (χ0n) is 46.3. The predicted molar refractivity (Wildman–Crippen MR) is 290 cm³/mol. The highest BCUT2D eigenvalue weighted by molar-refractivity contribution is 5.14. The van der Waals surface area contributed by atoms with E-state index in [0.29, 0.717) is 5.92 Å². The molecule has 0 rings (SSSR count).